The molecule has 2 aliphatic rings. The number of fused-ring (bicyclic) bond motifs is 10. The van der Waals surface area contributed by atoms with Gasteiger partial charge in [0.25, 0.3) is 0 Å². The zero-order chi connectivity index (χ0) is 34.8. The van der Waals surface area contributed by atoms with E-state index in [1.54, 1.807) is 28.4 Å². The quantitative estimate of drug-likeness (QED) is 0.144. The molecule has 0 saturated carbocycles. The third-order valence-corrected chi connectivity index (χ3v) is 10.3. The standard InChI is InChI=1S/2C21H24N2O2/c1-4-5-6-15-11-14-12-16(24-2)7-9-18(14)21-22-19-13-17(25-3)8-10-20(19)23(15)21;1-4-5-6-15-11-14-12-16(24-2)7-9-18(14)21-22-19-10-8-17(25-3)13-20(19)23(15)21/h2*7-10,12-13,15H,4-6,11H2,1-3H3. The van der Waals surface area contributed by atoms with Crippen molar-refractivity contribution < 1.29 is 18.9 Å². The number of hydrogen-bond acceptors (Lipinski definition) is 6. The molecule has 50 heavy (non-hydrogen) atoms. The van der Waals surface area contributed by atoms with Crippen LogP contribution in [0.1, 0.15) is 75.6 Å². The fourth-order valence-corrected chi connectivity index (χ4v) is 7.72. The van der Waals surface area contributed by atoms with Gasteiger partial charge in [-0.2, -0.15) is 0 Å². The molecule has 2 aliphatic heterocycles. The summed E-state index contributed by atoms with van der Waals surface area (Å²) in [5, 5.41) is 0. The highest BCUT2D eigenvalue weighted by atomic mass is 16.5. The van der Waals surface area contributed by atoms with Crippen LogP contribution in [0.3, 0.4) is 0 Å². The van der Waals surface area contributed by atoms with Crippen molar-refractivity contribution in [2.75, 3.05) is 28.4 Å². The smallest absolute Gasteiger partial charge is 0.141 e. The van der Waals surface area contributed by atoms with Gasteiger partial charge >= 0.3 is 0 Å². The molecule has 0 amide bonds. The number of benzene rings is 4. The summed E-state index contributed by atoms with van der Waals surface area (Å²) in [6, 6.07) is 25.9. The van der Waals surface area contributed by atoms with Crippen LogP contribution >= 0.6 is 0 Å². The monoisotopic (exact) mass is 672 g/mol. The summed E-state index contributed by atoms with van der Waals surface area (Å²) in [5.41, 5.74) is 9.47. The highest BCUT2D eigenvalue weighted by Crippen LogP contribution is 2.43. The topological polar surface area (TPSA) is 72.6 Å². The summed E-state index contributed by atoms with van der Waals surface area (Å²) in [4.78, 5) is 9.91. The molecule has 260 valence electrons. The summed E-state index contributed by atoms with van der Waals surface area (Å²) in [6.07, 6.45) is 9.20. The van der Waals surface area contributed by atoms with Crippen molar-refractivity contribution in [3.05, 3.63) is 83.9 Å². The molecule has 8 rings (SSSR count). The van der Waals surface area contributed by atoms with Crippen molar-refractivity contribution in [1.29, 1.82) is 0 Å². The molecule has 2 atom stereocenters. The molecular weight excluding hydrogens is 624 g/mol. The van der Waals surface area contributed by atoms with Gasteiger partial charge in [-0.3, -0.25) is 0 Å². The van der Waals surface area contributed by atoms with E-state index in [-0.39, 0.29) is 0 Å². The van der Waals surface area contributed by atoms with Crippen LogP contribution in [0.15, 0.2) is 72.8 Å². The van der Waals surface area contributed by atoms with Crippen molar-refractivity contribution in [3.8, 4) is 45.8 Å². The number of ether oxygens (including phenoxy) is 4. The molecule has 8 heteroatoms. The molecule has 4 heterocycles. The normalized spacial score (nSPS) is 15.7. The van der Waals surface area contributed by atoms with Gasteiger partial charge in [-0.15, -0.1) is 0 Å². The molecule has 0 fully saturated rings. The van der Waals surface area contributed by atoms with E-state index in [1.165, 1.54) is 53.5 Å². The average molecular weight is 673 g/mol. The van der Waals surface area contributed by atoms with Gasteiger partial charge in [0.2, 0.25) is 0 Å². The van der Waals surface area contributed by atoms with Crippen LogP contribution in [0.25, 0.3) is 44.8 Å². The lowest BCUT2D eigenvalue weighted by atomic mass is 9.92. The van der Waals surface area contributed by atoms with Crippen molar-refractivity contribution >= 4 is 22.1 Å². The summed E-state index contributed by atoms with van der Waals surface area (Å²) in [7, 11) is 6.86. The van der Waals surface area contributed by atoms with E-state index >= 15 is 0 Å². The van der Waals surface area contributed by atoms with Crippen LogP contribution in [0.2, 0.25) is 0 Å². The number of methoxy groups -OCH3 is 4. The Bertz CT molecular complexity index is 2080. The van der Waals surface area contributed by atoms with Crippen LogP contribution in [0, 0.1) is 0 Å². The molecule has 4 aromatic carbocycles. The number of imidazole rings is 2. The van der Waals surface area contributed by atoms with Gasteiger partial charge in [0.05, 0.1) is 50.5 Å². The van der Waals surface area contributed by atoms with Gasteiger partial charge in [-0.25, -0.2) is 9.97 Å². The first-order chi connectivity index (χ1) is 24.5. The minimum absolute atomic E-state index is 0.423. The van der Waals surface area contributed by atoms with Crippen molar-refractivity contribution in [3.63, 3.8) is 0 Å². The molecule has 0 spiro atoms. The molecule has 2 aromatic heterocycles. The maximum absolute atomic E-state index is 5.44. The van der Waals surface area contributed by atoms with E-state index < -0.39 is 0 Å². The molecule has 6 aromatic rings. The second kappa shape index (κ2) is 14.5. The molecule has 8 nitrogen and oxygen atoms in total. The third kappa shape index (κ3) is 6.16. The Hall–Kier alpha value is -4.98. The van der Waals surface area contributed by atoms with E-state index in [2.05, 4.69) is 65.4 Å². The van der Waals surface area contributed by atoms with Crippen LogP contribution in [0.4, 0.5) is 0 Å². The first-order valence-corrected chi connectivity index (χ1v) is 18.0. The van der Waals surface area contributed by atoms with Crippen LogP contribution in [0.5, 0.6) is 23.0 Å². The largest absolute Gasteiger partial charge is 0.497 e. The highest BCUT2D eigenvalue weighted by molar-refractivity contribution is 5.85. The van der Waals surface area contributed by atoms with Crippen molar-refractivity contribution in [2.45, 2.75) is 77.3 Å². The van der Waals surface area contributed by atoms with Crippen LogP contribution in [-0.4, -0.2) is 47.5 Å². The maximum atomic E-state index is 5.44. The zero-order valence-electron chi connectivity index (χ0n) is 30.2. The third-order valence-electron chi connectivity index (χ3n) is 10.3. The molecular formula is C42H48N4O4. The molecule has 0 saturated heterocycles. The second-order valence-electron chi connectivity index (χ2n) is 13.4. The fourth-order valence-electron chi connectivity index (χ4n) is 7.72. The predicted octanol–water partition coefficient (Wildman–Crippen LogP) is 10.0. The summed E-state index contributed by atoms with van der Waals surface area (Å²) in [6.45, 7) is 4.49. The van der Waals surface area contributed by atoms with Crippen molar-refractivity contribution in [1.82, 2.24) is 19.1 Å². The lowest BCUT2D eigenvalue weighted by Gasteiger charge is -2.28. The minimum Gasteiger partial charge on any atom is -0.497 e. The predicted molar refractivity (Wildman–Crippen MR) is 201 cm³/mol. The Kier molecular flexibility index (Phi) is 9.70. The Morgan fingerprint density at radius 2 is 1.00 bits per heavy atom. The Balaban J connectivity index is 0.000000157. The number of hydrogen-bond donors (Lipinski definition) is 0. The first kappa shape index (κ1) is 33.5. The number of aromatic nitrogens is 4. The fraction of sp³-hybridized carbons (Fsp3) is 0.381. The lowest BCUT2D eigenvalue weighted by Crippen LogP contribution is -2.19. The number of nitrogens with zero attached hydrogens (tertiary/aromatic N) is 4. The van der Waals surface area contributed by atoms with Gasteiger partial charge in [0.15, 0.2) is 0 Å². The Labute approximate surface area is 295 Å². The Morgan fingerprint density at radius 1 is 0.540 bits per heavy atom. The van der Waals surface area contributed by atoms with Gasteiger partial charge in [-0.05, 0) is 97.5 Å². The van der Waals surface area contributed by atoms with Gasteiger partial charge < -0.3 is 28.1 Å². The molecule has 0 N–H and O–H groups in total. The van der Waals surface area contributed by atoms with E-state index in [9.17, 15) is 0 Å². The molecule has 0 radical (unpaired) electrons. The summed E-state index contributed by atoms with van der Waals surface area (Å²) in [5.74, 6) is 5.69. The van der Waals surface area contributed by atoms with Gasteiger partial charge in [0, 0.05) is 35.3 Å². The first-order valence-electron chi connectivity index (χ1n) is 18.0. The van der Waals surface area contributed by atoms with Gasteiger partial charge in [-0.1, -0.05) is 39.5 Å². The van der Waals surface area contributed by atoms with Gasteiger partial charge in [0.1, 0.15) is 34.6 Å². The molecule has 0 aliphatic carbocycles. The highest BCUT2D eigenvalue weighted by Gasteiger charge is 2.29. The van der Waals surface area contributed by atoms with E-state index in [1.807, 2.05) is 30.3 Å². The second-order valence-corrected chi connectivity index (χ2v) is 13.4. The summed E-state index contributed by atoms with van der Waals surface area (Å²) < 4.78 is 26.5. The van der Waals surface area contributed by atoms with E-state index in [0.717, 1.165) is 76.9 Å². The molecule has 2 unspecified atom stereocenters. The van der Waals surface area contributed by atoms with Crippen molar-refractivity contribution in [2.24, 2.45) is 0 Å². The zero-order valence-corrected chi connectivity index (χ0v) is 30.2. The average Bonchev–Trinajstić information content (AvgIpc) is 3.74. The maximum Gasteiger partial charge on any atom is 0.141 e. The van der Waals surface area contributed by atoms with Crippen LogP contribution in [-0.2, 0) is 12.8 Å². The SMILES string of the molecule is CCCCC1Cc2cc(OC)ccc2-c2nc3cc(OC)ccc3n21.CCCCC1Cc2cc(OC)ccc2-c2nc3ccc(OC)cc3n21. The lowest BCUT2D eigenvalue weighted by molar-refractivity contribution is 0.411. The number of unbranched alkanes of at least 4 members (excludes halogenated alkanes) is 2. The van der Waals surface area contributed by atoms with Crippen LogP contribution < -0.4 is 18.9 Å². The minimum atomic E-state index is 0.423. The molecule has 0 bridgehead atoms. The van der Waals surface area contributed by atoms with E-state index in [0.29, 0.717) is 12.1 Å². The summed E-state index contributed by atoms with van der Waals surface area (Å²) >= 11 is 0. The number of rotatable bonds is 10. The Morgan fingerprint density at radius 3 is 1.54 bits per heavy atom. The van der Waals surface area contributed by atoms with E-state index in [4.69, 9.17) is 28.9 Å².